The summed E-state index contributed by atoms with van der Waals surface area (Å²) in [6, 6.07) is 6.33. The molecule has 0 unspecified atom stereocenters. The third-order valence-corrected chi connectivity index (χ3v) is 3.48. The van der Waals surface area contributed by atoms with E-state index in [1.165, 1.54) is 0 Å². The van der Waals surface area contributed by atoms with E-state index in [4.69, 9.17) is 11.6 Å². The van der Waals surface area contributed by atoms with E-state index in [2.05, 4.69) is 21.2 Å². The molecule has 2 aromatic carbocycles. The number of nitrogens with one attached hydrogen (secondary N) is 1. The Kier molecular flexibility index (Phi) is 4.37. The van der Waals surface area contributed by atoms with Crippen molar-refractivity contribution in [3.63, 3.8) is 0 Å². The van der Waals surface area contributed by atoms with Crippen LogP contribution in [0.5, 0.6) is 0 Å². The Bertz CT molecular complexity index is 596. The van der Waals surface area contributed by atoms with Crippen molar-refractivity contribution in [3.05, 3.63) is 62.8 Å². The average Bonchev–Trinajstić information content (AvgIpc) is 2.32. The van der Waals surface area contributed by atoms with Crippen molar-refractivity contribution >= 4 is 33.2 Å². The van der Waals surface area contributed by atoms with Gasteiger partial charge in [-0.2, -0.15) is 0 Å². The summed E-state index contributed by atoms with van der Waals surface area (Å²) in [5, 5.41) is 3.10. The molecule has 0 saturated carbocycles. The molecule has 1 nitrogen and oxygen atoms in total. The van der Waals surface area contributed by atoms with Crippen molar-refractivity contribution in [3.8, 4) is 0 Å². The number of anilines is 1. The second-order valence-electron chi connectivity index (χ2n) is 3.83. The van der Waals surface area contributed by atoms with Gasteiger partial charge in [0.25, 0.3) is 0 Å². The van der Waals surface area contributed by atoms with E-state index >= 15 is 0 Å². The van der Waals surface area contributed by atoms with Gasteiger partial charge in [-0.15, -0.1) is 0 Å². The second-order valence-corrected chi connectivity index (χ2v) is 5.12. The van der Waals surface area contributed by atoms with Crippen LogP contribution in [0, 0.1) is 17.5 Å². The summed E-state index contributed by atoms with van der Waals surface area (Å²) < 4.78 is 40.3. The molecule has 0 saturated heterocycles. The molecule has 2 aromatic rings. The molecule has 6 heteroatoms. The minimum Gasteiger partial charge on any atom is -0.376 e. The molecule has 0 amide bonds. The Labute approximate surface area is 121 Å². The van der Waals surface area contributed by atoms with Gasteiger partial charge in [0, 0.05) is 28.2 Å². The van der Waals surface area contributed by atoms with Gasteiger partial charge in [0.15, 0.2) is 11.6 Å². The van der Waals surface area contributed by atoms with Gasteiger partial charge in [0.2, 0.25) is 0 Å². The zero-order valence-electron chi connectivity index (χ0n) is 9.48. The lowest BCUT2D eigenvalue weighted by Crippen LogP contribution is -2.05. The highest BCUT2D eigenvalue weighted by Crippen LogP contribution is 2.24. The van der Waals surface area contributed by atoms with Crippen LogP contribution < -0.4 is 5.32 Å². The highest BCUT2D eigenvalue weighted by molar-refractivity contribution is 9.10. The lowest BCUT2D eigenvalue weighted by molar-refractivity contribution is 0.547. The molecule has 0 fully saturated rings. The first kappa shape index (κ1) is 14.2. The van der Waals surface area contributed by atoms with Crippen LogP contribution in [-0.4, -0.2) is 0 Å². The number of halogens is 5. The number of hydrogen-bond acceptors (Lipinski definition) is 1. The molecule has 1 N–H and O–H groups in total. The first-order chi connectivity index (χ1) is 8.97. The number of rotatable bonds is 3. The van der Waals surface area contributed by atoms with Crippen molar-refractivity contribution in [2.24, 2.45) is 0 Å². The molecule has 0 heterocycles. The van der Waals surface area contributed by atoms with Crippen LogP contribution in [0.1, 0.15) is 5.56 Å². The summed E-state index contributed by atoms with van der Waals surface area (Å²) in [5.41, 5.74) is 0.365. The standard InChI is InChI=1S/C13H8BrClF3N/c14-10-2-1-8(15)3-7(10)6-19-13-11(17)4-9(16)5-12(13)18/h1-5,19H,6H2. The molecule has 0 atom stereocenters. The Morgan fingerprint density at radius 2 is 1.68 bits per heavy atom. The highest BCUT2D eigenvalue weighted by atomic mass is 79.9. The minimum atomic E-state index is -0.976. The number of benzene rings is 2. The van der Waals surface area contributed by atoms with Crippen LogP contribution in [0.2, 0.25) is 5.02 Å². The fourth-order valence-electron chi connectivity index (χ4n) is 1.57. The van der Waals surface area contributed by atoms with Crippen molar-refractivity contribution in [2.45, 2.75) is 6.54 Å². The molecule has 0 aromatic heterocycles. The smallest absolute Gasteiger partial charge is 0.152 e. The molecule has 0 aliphatic rings. The molecule has 0 radical (unpaired) electrons. The SMILES string of the molecule is Fc1cc(F)c(NCc2cc(Cl)ccc2Br)c(F)c1. The fourth-order valence-corrected chi connectivity index (χ4v) is 2.15. The van der Waals surface area contributed by atoms with E-state index in [9.17, 15) is 13.2 Å². The van der Waals surface area contributed by atoms with Crippen LogP contribution in [0.25, 0.3) is 0 Å². The highest BCUT2D eigenvalue weighted by Gasteiger charge is 2.11. The quantitative estimate of drug-likeness (QED) is 0.809. The van der Waals surface area contributed by atoms with Crippen molar-refractivity contribution in [1.82, 2.24) is 0 Å². The lowest BCUT2D eigenvalue weighted by atomic mass is 10.2. The maximum atomic E-state index is 13.4. The summed E-state index contributed by atoms with van der Waals surface area (Å²) in [5.74, 6) is -2.91. The number of hydrogen-bond donors (Lipinski definition) is 1. The molecule has 0 spiro atoms. The van der Waals surface area contributed by atoms with E-state index in [0.29, 0.717) is 17.2 Å². The summed E-state index contributed by atoms with van der Waals surface area (Å²) in [7, 11) is 0. The second kappa shape index (κ2) is 5.84. The van der Waals surface area contributed by atoms with Crippen LogP contribution in [-0.2, 0) is 6.54 Å². The maximum Gasteiger partial charge on any atom is 0.152 e. The Morgan fingerprint density at radius 3 is 2.32 bits per heavy atom. The monoisotopic (exact) mass is 349 g/mol. The van der Waals surface area contributed by atoms with Gasteiger partial charge in [0.05, 0.1) is 0 Å². The van der Waals surface area contributed by atoms with Crippen LogP contribution in [0.15, 0.2) is 34.8 Å². The van der Waals surface area contributed by atoms with E-state index in [0.717, 1.165) is 10.0 Å². The molecule has 2 rings (SSSR count). The molecule has 0 aliphatic heterocycles. The van der Waals surface area contributed by atoms with Gasteiger partial charge in [-0.05, 0) is 23.8 Å². The predicted octanol–water partition coefficient (Wildman–Crippen LogP) is 5.13. The molecule has 19 heavy (non-hydrogen) atoms. The zero-order chi connectivity index (χ0) is 14.0. The van der Waals surface area contributed by atoms with Crippen molar-refractivity contribution < 1.29 is 13.2 Å². The molecular weight excluding hydrogens is 343 g/mol. The van der Waals surface area contributed by atoms with Crippen molar-refractivity contribution in [1.29, 1.82) is 0 Å². The van der Waals surface area contributed by atoms with E-state index in [-0.39, 0.29) is 12.2 Å². The molecular formula is C13H8BrClF3N. The fraction of sp³-hybridized carbons (Fsp3) is 0.0769. The van der Waals surface area contributed by atoms with Gasteiger partial charge >= 0.3 is 0 Å². The van der Waals surface area contributed by atoms with E-state index in [1.807, 2.05) is 0 Å². The summed E-state index contributed by atoms with van der Waals surface area (Å²) >= 11 is 9.14. The zero-order valence-corrected chi connectivity index (χ0v) is 11.8. The minimum absolute atomic E-state index is 0.153. The van der Waals surface area contributed by atoms with Crippen LogP contribution >= 0.6 is 27.5 Å². The summed E-state index contributed by atoms with van der Waals surface area (Å²) in [4.78, 5) is 0. The topological polar surface area (TPSA) is 12.0 Å². The summed E-state index contributed by atoms with van der Waals surface area (Å²) in [6.07, 6.45) is 0. The van der Waals surface area contributed by atoms with Crippen LogP contribution in [0.4, 0.5) is 18.9 Å². The van der Waals surface area contributed by atoms with Gasteiger partial charge in [0.1, 0.15) is 11.5 Å². The Morgan fingerprint density at radius 1 is 1.05 bits per heavy atom. The molecule has 0 aliphatic carbocycles. The largest absolute Gasteiger partial charge is 0.376 e. The maximum absolute atomic E-state index is 13.4. The lowest BCUT2D eigenvalue weighted by Gasteiger charge is -2.10. The average molecular weight is 351 g/mol. The predicted molar refractivity (Wildman–Crippen MR) is 72.8 cm³/mol. The molecule has 0 bridgehead atoms. The first-order valence-corrected chi connectivity index (χ1v) is 6.47. The van der Waals surface area contributed by atoms with Gasteiger partial charge in [-0.25, -0.2) is 13.2 Å². The molecule has 100 valence electrons. The van der Waals surface area contributed by atoms with Crippen LogP contribution in [0.3, 0.4) is 0 Å². The van der Waals surface area contributed by atoms with E-state index in [1.54, 1.807) is 18.2 Å². The van der Waals surface area contributed by atoms with Gasteiger partial charge < -0.3 is 5.32 Å². The Hall–Kier alpha value is -1.20. The Balaban J connectivity index is 2.21. The third kappa shape index (κ3) is 3.42. The van der Waals surface area contributed by atoms with Crippen molar-refractivity contribution in [2.75, 3.05) is 5.32 Å². The first-order valence-electron chi connectivity index (χ1n) is 5.29. The summed E-state index contributed by atoms with van der Waals surface area (Å²) in [6.45, 7) is 0.153. The third-order valence-electron chi connectivity index (χ3n) is 2.47. The van der Waals surface area contributed by atoms with Gasteiger partial charge in [-0.1, -0.05) is 27.5 Å². The van der Waals surface area contributed by atoms with E-state index < -0.39 is 17.5 Å². The normalized spacial score (nSPS) is 10.6. The van der Waals surface area contributed by atoms with Gasteiger partial charge in [-0.3, -0.25) is 0 Å².